The molecule has 0 aliphatic carbocycles. The number of aromatic amines is 1. The number of piperazine rings is 1. The van der Waals surface area contributed by atoms with Crippen LogP contribution < -0.4 is 16.4 Å². The van der Waals surface area contributed by atoms with Crippen LogP contribution in [0.15, 0.2) is 48.9 Å². The number of H-pyrrole nitrogens is 1. The van der Waals surface area contributed by atoms with Crippen LogP contribution in [-0.4, -0.2) is 64.0 Å². The standard InChI is InChI=1S/C26H26F4N8O/c1-37-4-6-38(7-5-37)13-15-8-17(26(28,29)30)11-18(9-15)35-25(39)36-21-3-2-16(10-20(21)27)19-12-32-24-22(19)23(31)33-14-34-24/h2-3,8-12,14H,4-7,13H2,1H3,(H2,35,36,39)(H3,31,32,33,34). The third-order valence-corrected chi connectivity index (χ3v) is 6.61. The molecule has 0 bridgehead atoms. The summed E-state index contributed by atoms with van der Waals surface area (Å²) in [6.07, 6.45) is -1.66. The van der Waals surface area contributed by atoms with E-state index in [1.54, 1.807) is 12.3 Å². The number of likely N-dealkylation sites (N-methyl/N-ethyl adjacent to an activating group) is 1. The summed E-state index contributed by atoms with van der Waals surface area (Å²) in [6, 6.07) is 6.70. The van der Waals surface area contributed by atoms with Gasteiger partial charge in [-0.15, -0.1) is 0 Å². The van der Waals surface area contributed by atoms with Crippen molar-refractivity contribution in [3.05, 3.63) is 65.9 Å². The summed E-state index contributed by atoms with van der Waals surface area (Å²) < 4.78 is 55.7. The van der Waals surface area contributed by atoms with Crippen LogP contribution in [-0.2, 0) is 12.7 Å². The third kappa shape index (κ3) is 5.94. The molecular weight excluding hydrogens is 516 g/mol. The molecule has 13 heteroatoms. The molecule has 1 aliphatic heterocycles. The third-order valence-electron chi connectivity index (χ3n) is 6.61. The molecule has 5 N–H and O–H groups in total. The number of nitrogens with two attached hydrogens (primary N) is 1. The number of carbonyl (C=O) groups is 1. The number of carbonyl (C=O) groups excluding carboxylic acids is 1. The van der Waals surface area contributed by atoms with Gasteiger partial charge >= 0.3 is 12.2 Å². The molecule has 9 nitrogen and oxygen atoms in total. The second-order valence-electron chi connectivity index (χ2n) is 9.45. The molecule has 39 heavy (non-hydrogen) atoms. The number of nitrogens with zero attached hydrogens (tertiary/aromatic N) is 4. The average molecular weight is 543 g/mol. The Morgan fingerprint density at radius 1 is 1.08 bits per heavy atom. The van der Waals surface area contributed by atoms with Crippen molar-refractivity contribution in [2.24, 2.45) is 0 Å². The molecule has 204 valence electrons. The molecule has 1 saturated heterocycles. The Kier molecular flexibility index (Phi) is 7.10. The van der Waals surface area contributed by atoms with Crippen LogP contribution in [0.2, 0.25) is 0 Å². The lowest BCUT2D eigenvalue weighted by Crippen LogP contribution is -2.43. The van der Waals surface area contributed by atoms with Crippen LogP contribution in [0.25, 0.3) is 22.2 Å². The van der Waals surface area contributed by atoms with Crippen molar-refractivity contribution in [1.82, 2.24) is 24.8 Å². The van der Waals surface area contributed by atoms with Crippen molar-refractivity contribution in [2.45, 2.75) is 12.7 Å². The summed E-state index contributed by atoms with van der Waals surface area (Å²) in [5.74, 6) is -0.515. The molecule has 2 amide bonds. The quantitative estimate of drug-likeness (QED) is 0.271. The maximum atomic E-state index is 14.9. The summed E-state index contributed by atoms with van der Waals surface area (Å²) in [5.41, 5.74) is 6.84. The Labute approximate surface area is 221 Å². The average Bonchev–Trinajstić information content (AvgIpc) is 3.32. The van der Waals surface area contributed by atoms with Crippen LogP contribution >= 0.6 is 0 Å². The Balaban J connectivity index is 1.32. The summed E-state index contributed by atoms with van der Waals surface area (Å²) in [4.78, 5) is 27.8. The number of aromatic nitrogens is 3. The van der Waals surface area contributed by atoms with Crippen LogP contribution in [0.5, 0.6) is 0 Å². The molecule has 0 atom stereocenters. The van der Waals surface area contributed by atoms with E-state index in [1.165, 1.54) is 24.5 Å². The van der Waals surface area contributed by atoms with Crippen molar-refractivity contribution in [1.29, 1.82) is 0 Å². The molecule has 2 aromatic carbocycles. The van der Waals surface area contributed by atoms with E-state index in [1.807, 2.05) is 7.05 Å². The minimum atomic E-state index is -4.59. The number of hydrogen-bond donors (Lipinski definition) is 4. The topological polar surface area (TPSA) is 115 Å². The van der Waals surface area contributed by atoms with E-state index >= 15 is 0 Å². The van der Waals surface area contributed by atoms with Gasteiger partial charge in [0.2, 0.25) is 0 Å². The molecule has 1 fully saturated rings. The second-order valence-corrected chi connectivity index (χ2v) is 9.45. The van der Waals surface area contributed by atoms with E-state index in [2.05, 4.69) is 35.4 Å². The zero-order chi connectivity index (χ0) is 27.7. The lowest BCUT2D eigenvalue weighted by atomic mass is 10.1. The van der Waals surface area contributed by atoms with E-state index in [9.17, 15) is 22.4 Å². The number of alkyl halides is 3. The molecule has 3 heterocycles. The minimum Gasteiger partial charge on any atom is -0.383 e. The van der Waals surface area contributed by atoms with E-state index < -0.39 is 23.6 Å². The monoisotopic (exact) mass is 542 g/mol. The number of fused-ring (bicyclic) bond motifs is 1. The fourth-order valence-corrected chi connectivity index (χ4v) is 4.57. The number of hydrogen-bond acceptors (Lipinski definition) is 6. The molecule has 1 aliphatic rings. The lowest BCUT2D eigenvalue weighted by Gasteiger charge is -2.32. The number of urea groups is 1. The maximum absolute atomic E-state index is 14.9. The predicted octanol–water partition coefficient (Wildman–Crippen LogP) is 4.76. The van der Waals surface area contributed by atoms with Crippen LogP contribution in [0, 0.1) is 5.82 Å². The smallest absolute Gasteiger partial charge is 0.383 e. The summed E-state index contributed by atoms with van der Waals surface area (Å²) in [5, 5.41) is 5.31. The van der Waals surface area contributed by atoms with Crippen molar-refractivity contribution < 1.29 is 22.4 Å². The van der Waals surface area contributed by atoms with Crippen LogP contribution in [0.4, 0.5) is 39.5 Å². The first kappa shape index (κ1) is 26.4. The molecular formula is C26H26F4N8O. The number of halogens is 4. The highest BCUT2D eigenvalue weighted by molar-refractivity contribution is 6.02. The zero-order valence-electron chi connectivity index (χ0n) is 20.9. The fourth-order valence-electron chi connectivity index (χ4n) is 4.57. The Bertz CT molecular complexity index is 1510. The Morgan fingerprint density at radius 3 is 2.56 bits per heavy atom. The highest BCUT2D eigenvalue weighted by atomic mass is 19.4. The maximum Gasteiger partial charge on any atom is 0.416 e. The van der Waals surface area contributed by atoms with E-state index in [0.717, 1.165) is 38.3 Å². The van der Waals surface area contributed by atoms with Gasteiger partial charge in [-0.2, -0.15) is 13.2 Å². The van der Waals surface area contributed by atoms with Crippen molar-refractivity contribution in [3.8, 4) is 11.1 Å². The molecule has 5 rings (SSSR count). The van der Waals surface area contributed by atoms with E-state index in [0.29, 0.717) is 34.3 Å². The van der Waals surface area contributed by atoms with E-state index in [4.69, 9.17) is 5.73 Å². The molecule has 2 aromatic heterocycles. The zero-order valence-corrected chi connectivity index (χ0v) is 20.9. The predicted molar refractivity (Wildman–Crippen MR) is 141 cm³/mol. The van der Waals surface area contributed by atoms with E-state index in [-0.39, 0.29) is 17.2 Å². The van der Waals surface area contributed by atoms with Gasteiger partial charge in [-0.1, -0.05) is 6.07 Å². The first-order valence-electron chi connectivity index (χ1n) is 12.1. The summed E-state index contributed by atoms with van der Waals surface area (Å²) in [6.45, 7) is 3.40. The van der Waals surface area contributed by atoms with Gasteiger partial charge in [0.1, 0.15) is 23.6 Å². The Hall–Kier alpha value is -4.23. The van der Waals surface area contributed by atoms with Crippen LogP contribution in [0.1, 0.15) is 11.1 Å². The minimum absolute atomic E-state index is 0.0438. The number of benzene rings is 2. The van der Waals surface area contributed by atoms with Gasteiger partial charge < -0.3 is 26.3 Å². The highest BCUT2D eigenvalue weighted by Crippen LogP contribution is 2.34. The number of rotatable bonds is 5. The molecule has 4 aromatic rings. The van der Waals surface area contributed by atoms with Crippen molar-refractivity contribution >= 4 is 34.3 Å². The van der Waals surface area contributed by atoms with Gasteiger partial charge in [0.05, 0.1) is 16.6 Å². The normalized spacial score (nSPS) is 15.0. The number of nitrogen functional groups attached to an aromatic ring is 1. The van der Waals surface area contributed by atoms with Gasteiger partial charge in [-0.05, 0) is 48.5 Å². The first-order valence-corrected chi connectivity index (χ1v) is 12.1. The van der Waals surface area contributed by atoms with Gasteiger partial charge in [-0.3, -0.25) is 4.90 Å². The largest absolute Gasteiger partial charge is 0.416 e. The molecule has 0 radical (unpaired) electrons. The molecule has 0 saturated carbocycles. The van der Waals surface area contributed by atoms with Gasteiger partial charge in [0, 0.05) is 50.2 Å². The van der Waals surface area contributed by atoms with Crippen LogP contribution in [0.3, 0.4) is 0 Å². The van der Waals surface area contributed by atoms with Gasteiger partial charge in [-0.25, -0.2) is 19.2 Å². The fraction of sp³-hybridized carbons (Fsp3) is 0.269. The SMILES string of the molecule is CN1CCN(Cc2cc(NC(=O)Nc3ccc(-c4c[nH]c5ncnc(N)c45)cc3F)cc(C(F)(F)F)c2)CC1. The second kappa shape index (κ2) is 10.5. The molecule has 0 spiro atoms. The number of amides is 2. The van der Waals surface area contributed by atoms with Crippen molar-refractivity contribution in [3.63, 3.8) is 0 Å². The van der Waals surface area contributed by atoms with Gasteiger partial charge in [0.25, 0.3) is 0 Å². The first-order chi connectivity index (χ1) is 18.6. The molecule has 0 unspecified atom stereocenters. The Morgan fingerprint density at radius 2 is 1.85 bits per heavy atom. The lowest BCUT2D eigenvalue weighted by molar-refractivity contribution is -0.137. The summed E-state index contributed by atoms with van der Waals surface area (Å²) in [7, 11) is 1.99. The van der Waals surface area contributed by atoms with Crippen molar-refractivity contribution in [2.75, 3.05) is 49.6 Å². The summed E-state index contributed by atoms with van der Waals surface area (Å²) >= 11 is 0. The highest BCUT2D eigenvalue weighted by Gasteiger charge is 2.31. The number of nitrogens with one attached hydrogen (secondary N) is 3. The number of anilines is 3. The van der Waals surface area contributed by atoms with Gasteiger partial charge in [0.15, 0.2) is 0 Å².